The van der Waals surface area contributed by atoms with E-state index in [2.05, 4.69) is 58.5 Å². The molecule has 0 aliphatic carbocycles. The molecule has 2 N–H and O–H groups in total. The maximum atomic E-state index is 5.68. The van der Waals surface area contributed by atoms with Crippen molar-refractivity contribution >= 4 is 5.82 Å². The minimum Gasteiger partial charge on any atom is -0.384 e. The van der Waals surface area contributed by atoms with Crippen LogP contribution < -0.4 is 5.73 Å². The van der Waals surface area contributed by atoms with Gasteiger partial charge in [0.25, 0.3) is 0 Å². The fraction of sp³-hybridized carbons (Fsp3) is 0.0588. The predicted octanol–water partition coefficient (Wildman–Crippen LogP) is 3.32. The van der Waals surface area contributed by atoms with Gasteiger partial charge in [-0.3, -0.25) is 0 Å². The first-order chi connectivity index (χ1) is 9.81. The minimum atomic E-state index is 0.489. The van der Waals surface area contributed by atoms with Crippen LogP contribution in [0.15, 0.2) is 67.0 Å². The van der Waals surface area contributed by atoms with Gasteiger partial charge in [0.05, 0.1) is 5.69 Å². The quantitative estimate of drug-likeness (QED) is 0.787. The van der Waals surface area contributed by atoms with Crippen molar-refractivity contribution in [1.29, 1.82) is 0 Å². The van der Waals surface area contributed by atoms with Gasteiger partial charge in [-0.05, 0) is 17.5 Å². The standard InChI is InChI=1S/C17H15N3/c18-17-11-16(19-12-20-17)15-8-6-14(7-9-15)10-13-4-2-1-3-5-13/h1-9,11-12H,10H2,(H2,18,19,20). The summed E-state index contributed by atoms with van der Waals surface area (Å²) in [7, 11) is 0. The van der Waals surface area contributed by atoms with Gasteiger partial charge >= 0.3 is 0 Å². The molecule has 0 saturated heterocycles. The van der Waals surface area contributed by atoms with Crippen LogP contribution in [0.2, 0.25) is 0 Å². The molecule has 0 amide bonds. The molecule has 0 unspecified atom stereocenters. The van der Waals surface area contributed by atoms with Crippen LogP contribution in [0.25, 0.3) is 11.3 Å². The largest absolute Gasteiger partial charge is 0.384 e. The first kappa shape index (κ1) is 12.4. The van der Waals surface area contributed by atoms with E-state index in [4.69, 9.17) is 5.73 Å². The summed E-state index contributed by atoms with van der Waals surface area (Å²) >= 11 is 0. The normalized spacial score (nSPS) is 10.4. The van der Waals surface area contributed by atoms with Crippen molar-refractivity contribution < 1.29 is 0 Å². The molecule has 0 aliphatic rings. The molecule has 0 saturated carbocycles. The molecule has 0 aliphatic heterocycles. The average Bonchev–Trinajstić information content (AvgIpc) is 2.49. The summed E-state index contributed by atoms with van der Waals surface area (Å²) in [5.41, 5.74) is 10.2. The molecule has 98 valence electrons. The van der Waals surface area contributed by atoms with E-state index in [-0.39, 0.29) is 0 Å². The molecule has 20 heavy (non-hydrogen) atoms. The number of aromatic nitrogens is 2. The lowest BCUT2D eigenvalue weighted by Gasteiger charge is -2.05. The van der Waals surface area contributed by atoms with Gasteiger partial charge in [-0.25, -0.2) is 9.97 Å². The Bertz CT molecular complexity index is 691. The summed E-state index contributed by atoms with van der Waals surface area (Å²) in [6, 6.07) is 20.6. The molecule has 3 nitrogen and oxygen atoms in total. The monoisotopic (exact) mass is 261 g/mol. The Morgan fingerprint density at radius 3 is 2.20 bits per heavy atom. The summed E-state index contributed by atoms with van der Waals surface area (Å²) < 4.78 is 0. The molecule has 0 radical (unpaired) electrons. The second-order valence-electron chi connectivity index (χ2n) is 4.69. The van der Waals surface area contributed by atoms with Crippen LogP contribution in [0.4, 0.5) is 5.82 Å². The van der Waals surface area contributed by atoms with Crippen molar-refractivity contribution in [3.05, 3.63) is 78.1 Å². The van der Waals surface area contributed by atoms with Crippen LogP contribution in [0.5, 0.6) is 0 Å². The molecule has 0 bridgehead atoms. The number of rotatable bonds is 3. The van der Waals surface area contributed by atoms with Crippen LogP contribution >= 0.6 is 0 Å². The van der Waals surface area contributed by atoms with E-state index in [0.29, 0.717) is 5.82 Å². The van der Waals surface area contributed by atoms with E-state index in [1.54, 1.807) is 6.07 Å². The topological polar surface area (TPSA) is 51.8 Å². The highest BCUT2D eigenvalue weighted by atomic mass is 14.9. The van der Waals surface area contributed by atoms with Crippen molar-refractivity contribution in [3.63, 3.8) is 0 Å². The van der Waals surface area contributed by atoms with Crippen LogP contribution in [0.1, 0.15) is 11.1 Å². The van der Waals surface area contributed by atoms with Gasteiger partial charge in [0.15, 0.2) is 0 Å². The SMILES string of the molecule is Nc1cc(-c2ccc(Cc3ccccc3)cc2)ncn1. The van der Waals surface area contributed by atoms with Crippen molar-refractivity contribution in [2.75, 3.05) is 5.73 Å². The maximum Gasteiger partial charge on any atom is 0.127 e. The third-order valence-electron chi connectivity index (χ3n) is 3.19. The van der Waals surface area contributed by atoms with E-state index in [1.807, 2.05) is 6.07 Å². The summed E-state index contributed by atoms with van der Waals surface area (Å²) in [6.07, 6.45) is 2.43. The lowest BCUT2D eigenvalue weighted by Crippen LogP contribution is -1.93. The number of benzene rings is 2. The predicted molar refractivity (Wildman–Crippen MR) is 81.1 cm³/mol. The molecule has 3 aromatic rings. The lowest BCUT2D eigenvalue weighted by molar-refractivity contribution is 1.17. The first-order valence-electron chi connectivity index (χ1n) is 6.52. The van der Waals surface area contributed by atoms with Gasteiger partial charge in [0.2, 0.25) is 0 Å². The Morgan fingerprint density at radius 2 is 1.50 bits per heavy atom. The molecule has 1 aromatic heterocycles. The van der Waals surface area contributed by atoms with Gasteiger partial charge in [0.1, 0.15) is 12.1 Å². The number of anilines is 1. The van der Waals surface area contributed by atoms with Gasteiger partial charge in [-0.2, -0.15) is 0 Å². The molecule has 2 aromatic carbocycles. The second kappa shape index (κ2) is 5.53. The number of hydrogen-bond donors (Lipinski definition) is 1. The number of nitrogen functional groups attached to an aromatic ring is 1. The minimum absolute atomic E-state index is 0.489. The van der Waals surface area contributed by atoms with Crippen molar-refractivity contribution in [2.24, 2.45) is 0 Å². The van der Waals surface area contributed by atoms with E-state index in [9.17, 15) is 0 Å². The van der Waals surface area contributed by atoms with E-state index >= 15 is 0 Å². The van der Waals surface area contributed by atoms with Crippen LogP contribution in [-0.4, -0.2) is 9.97 Å². The van der Waals surface area contributed by atoms with Crippen molar-refractivity contribution in [3.8, 4) is 11.3 Å². The zero-order chi connectivity index (χ0) is 13.8. The summed E-state index contributed by atoms with van der Waals surface area (Å²) in [5, 5.41) is 0. The maximum absolute atomic E-state index is 5.68. The van der Waals surface area contributed by atoms with Crippen LogP contribution in [0.3, 0.4) is 0 Å². The zero-order valence-corrected chi connectivity index (χ0v) is 11.0. The third kappa shape index (κ3) is 2.83. The molecular formula is C17H15N3. The van der Waals surface area contributed by atoms with Crippen LogP contribution in [-0.2, 0) is 6.42 Å². The molecule has 3 rings (SSSR count). The third-order valence-corrected chi connectivity index (χ3v) is 3.19. The second-order valence-corrected chi connectivity index (χ2v) is 4.69. The van der Waals surface area contributed by atoms with Crippen LogP contribution in [0, 0.1) is 0 Å². The summed E-state index contributed by atoms with van der Waals surface area (Å²) in [6.45, 7) is 0. The molecule has 0 spiro atoms. The molecule has 1 heterocycles. The highest BCUT2D eigenvalue weighted by Crippen LogP contribution is 2.19. The van der Waals surface area contributed by atoms with Gasteiger partial charge in [0, 0.05) is 11.6 Å². The fourth-order valence-corrected chi connectivity index (χ4v) is 2.16. The average molecular weight is 261 g/mol. The Kier molecular flexibility index (Phi) is 3.42. The Hall–Kier alpha value is -2.68. The lowest BCUT2D eigenvalue weighted by atomic mass is 10.0. The summed E-state index contributed by atoms with van der Waals surface area (Å²) in [4.78, 5) is 8.14. The molecule has 3 heteroatoms. The first-order valence-corrected chi connectivity index (χ1v) is 6.52. The molecule has 0 atom stereocenters. The smallest absolute Gasteiger partial charge is 0.127 e. The molecule has 0 fully saturated rings. The Balaban J connectivity index is 1.81. The Morgan fingerprint density at radius 1 is 0.800 bits per heavy atom. The van der Waals surface area contributed by atoms with Gasteiger partial charge in [-0.15, -0.1) is 0 Å². The number of nitrogens with two attached hydrogens (primary N) is 1. The summed E-state index contributed by atoms with van der Waals surface area (Å²) in [5.74, 6) is 0.489. The fourth-order valence-electron chi connectivity index (χ4n) is 2.16. The van der Waals surface area contributed by atoms with Gasteiger partial charge in [-0.1, -0.05) is 54.6 Å². The Labute approximate surface area is 118 Å². The zero-order valence-electron chi connectivity index (χ0n) is 11.0. The number of hydrogen-bond acceptors (Lipinski definition) is 3. The van der Waals surface area contributed by atoms with E-state index < -0.39 is 0 Å². The highest BCUT2D eigenvalue weighted by molar-refractivity contribution is 5.61. The molecular weight excluding hydrogens is 246 g/mol. The van der Waals surface area contributed by atoms with Crippen molar-refractivity contribution in [1.82, 2.24) is 9.97 Å². The number of nitrogens with zero attached hydrogens (tertiary/aromatic N) is 2. The van der Waals surface area contributed by atoms with E-state index in [0.717, 1.165) is 17.7 Å². The van der Waals surface area contributed by atoms with Crippen molar-refractivity contribution in [2.45, 2.75) is 6.42 Å². The highest BCUT2D eigenvalue weighted by Gasteiger charge is 2.01. The van der Waals surface area contributed by atoms with E-state index in [1.165, 1.54) is 17.5 Å². The van der Waals surface area contributed by atoms with Gasteiger partial charge < -0.3 is 5.73 Å².